The third-order valence-electron chi connectivity index (χ3n) is 5.23. The van der Waals surface area contributed by atoms with Gasteiger partial charge in [-0.1, -0.05) is 36.4 Å². The second kappa shape index (κ2) is 8.35. The zero-order valence-corrected chi connectivity index (χ0v) is 17.4. The Kier molecular flexibility index (Phi) is 5.43. The molecule has 0 fully saturated rings. The average molecular weight is 428 g/mol. The van der Waals surface area contributed by atoms with Gasteiger partial charge < -0.3 is 10.2 Å². The zero-order chi connectivity index (χ0) is 22.8. The molecule has 0 unspecified atom stereocenters. The number of nitrogens with one attached hydrogen (secondary N) is 2. The van der Waals surface area contributed by atoms with Gasteiger partial charge in [0.05, 0.1) is 5.69 Å². The lowest BCUT2D eigenvalue weighted by Crippen LogP contribution is -2.25. The van der Waals surface area contributed by atoms with Gasteiger partial charge in [-0.2, -0.15) is 10.2 Å². The molecular weight excluding hydrogens is 408 g/mol. The van der Waals surface area contributed by atoms with Crippen LogP contribution in [0, 0.1) is 13.8 Å². The van der Waals surface area contributed by atoms with Gasteiger partial charge in [-0.05, 0) is 54.8 Å². The average Bonchev–Trinajstić information content (AvgIpc) is 3.14. The van der Waals surface area contributed by atoms with E-state index < -0.39 is 11.9 Å². The first-order chi connectivity index (χ1) is 15.3. The van der Waals surface area contributed by atoms with Crippen LogP contribution in [0.1, 0.15) is 27.0 Å². The molecule has 4 rings (SSSR count). The minimum atomic E-state index is -1.21. The molecule has 0 spiro atoms. The molecule has 3 aromatic rings. The van der Waals surface area contributed by atoms with Crippen LogP contribution in [-0.4, -0.2) is 33.5 Å². The SMILES string of the molecule is Cc1ccc(C2=NNC(=O)C2=NNc2cccc(-c3cccc(C(=O)O)c3O)c2)cc1C. The van der Waals surface area contributed by atoms with Crippen molar-refractivity contribution in [3.8, 4) is 16.9 Å². The van der Waals surface area contributed by atoms with Crippen molar-refractivity contribution in [3.05, 3.63) is 82.9 Å². The predicted molar refractivity (Wildman–Crippen MR) is 122 cm³/mol. The number of carbonyl (C=O) groups is 2. The zero-order valence-electron chi connectivity index (χ0n) is 17.4. The number of carbonyl (C=O) groups excluding carboxylic acids is 1. The Balaban J connectivity index is 1.63. The largest absolute Gasteiger partial charge is 0.506 e. The quantitative estimate of drug-likeness (QED) is 0.462. The fourth-order valence-corrected chi connectivity index (χ4v) is 3.34. The Bertz CT molecular complexity index is 1310. The number of phenols is 1. The molecule has 0 bridgehead atoms. The van der Waals surface area contributed by atoms with Gasteiger partial charge in [0.15, 0.2) is 5.71 Å². The highest BCUT2D eigenvalue weighted by Crippen LogP contribution is 2.33. The van der Waals surface area contributed by atoms with Gasteiger partial charge in [-0.3, -0.25) is 10.2 Å². The fraction of sp³-hybridized carbons (Fsp3) is 0.0833. The topological polar surface area (TPSA) is 123 Å². The van der Waals surface area contributed by atoms with Crippen molar-refractivity contribution in [1.29, 1.82) is 0 Å². The summed E-state index contributed by atoms with van der Waals surface area (Å²) in [5, 5.41) is 27.9. The lowest BCUT2D eigenvalue weighted by Gasteiger charge is -2.09. The molecule has 3 aromatic carbocycles. The minimum Gasteiger partial charge on any atom is -0.506 e. The molecule has 0 aromatic heterocycles. The van der Waals surface area contributed by atoms with Crippen molar-refractivity contribution >= 4 is 29.0 Å². The number of hydrogen-bond acceptors (Lipinski definition) is 6. The lowest BCUT2D eigenvalue weighted by atomic mass is 10.0. The first kappa shape index (κ1) is 20.8. The highest BCUT2D eigenvalue weighted by molar-refractivity contribution is 6.72. The molecule has 0 radical (unpaired) electrons. The maximum absolute atomic E-state index is 12.3. The summed E-state index contributed by atoms with van der Waals surface area (Å²) in [6.45, 7) is 3.99. The van der Waals surface area contributed by atoms with Crippen molar-refractivity contribution in [2.24, 2.45) is 10.2 Å². The van der Waals surface area contributed by atoms with Crippen LogP contribution in [0.15, 0.2) is 70.9 Å². The number of rotatable bonds is 5. The van der Waals surface area contributed by atoms with Crippen molar-refractivity contribution in [3.63, 3.8) is 0 Å². The molecule has 8 nitrogen and oxygen atoms in total. The van der Waals surface area contributed by atoms with Crippen LogP contribution in [0.4, 0.5) is 5.69 Å². The highest BCUT2D eigenvalue weighted by Gasteiger charge is 2.26. The summed E-state index contributed by atoms with van der Waals surface area (Å²) in [4.78, 5) is 23.6. The Labute approximate surface area is 183 Å². The van der Waals surface area contributed by atoms with Crippen LogP contribution in [-0.2, 0) is 4.79 Å². The Morgan fingerprint density at radius 1 is 1.00 bits per heavy atom. The number of carboxylic acids is 1. The minimum absolute atomic E-state index is 0.148. The molecule has 4 N–H and O–H groups in total. The Hall–Kier alpha value is -4.46. The van der Waals surface area contributed by atoms with E-state index in [0.29, 0.717) is 22.5 Å². The van der Waals surface area contributed by atoms with Crippen molar-refractivity contribution in [2.45, 2.75) is 13.8 Å². The molecule has 1 amide bonds. The predicted octanol–water partition coefficient (Wildman–Crippen LogP) is 3.68. The van der Waals surface area contributed by atoms with Gasteiger partial charge in [0.25, 0.3) is 5.91 Å². The number of hydrogen-bond donors (Lipinski definition) is 4. The Morgan fingerprint density at radius 3 is 2.53 bits per heavy atom. The van der Waals surface area contributed by atoms with E-state index >= 15 is 0 Å². The number of benzene rings is 3. The molecule has 8 heteroatoms. The number of hydrazone groups is 2. The molecule has 0 atom stereocenters. The van der Waals surface area contributed by atoms with Gasteiger partial charge in [0.1, 0.15) is 17.0 Å². The van der Waals surface area contributed by atoms with Gasteiger partial charge in [-0.25, -0.2) is 10.2 Å². The van der Waals surface area contributed by atoms with Crippen LogP contribution < -0.4 is 10.9 Å². The van der Waals surface area contributed by atoms with E-state index in [1.807, 2.05) is 32.0 Å². The normalized spacial score (nSPS) is 14.2. The summed E-state index contributed by atoms with van der Waals surface area (Å²) in [7, 11) is 0. The maximum atomic E-state index is 12.3. The van der Waals surface area contributed by atoms with E-state index in [9.17, 15) is 19.8 Å². The smallest absolute Gasteiger partial charge is 0.339 e. The fourth-order valence-electron chi connectivity index (χ4n) is 3.34. The van der Waals surface area contributed by atoms with Crippen LogP contribution in [0.2, 0.25) is 0 Å². The van der Waals surface area contributed by atoms with Crippen molar-refractivity contribution < 1.29 is 19.8 Å². The van der Waals surface area contributed by atoms with E-state index in [1.165, 1.54) is 6.07 Å². The summed E-state index contributed by atoms with van der Waals surface area (Å²) in [5.74, 6) is -1.95. The molecule has 32 heavy (non-hydrogen) atoms. The maximum Gasteiger partial charge on any atom is 0.339 e. The second-order valence-corrected chi connectivity index (χ2v) is 7.36. The summed E-state index contributed by atoms with van der Waals surface area (Å²) in [6, 6.07) is 17.2. The van der Waals surface area contributed by atoms with E-state index in [4.69, 9.17) is 0 Å². The number of aromatic hydroxyl groups is 1. The second-order valence-electron chi connectivity index (χ2n) is 7.36. The summed E-state index contributed by atoms with van der Waals surface area (Å²) < 4.78 is 0. The first-order valence-corrected chi connectivity index (χ1v) is 9.80. The van der Waals surface area contributed by atoms with E-state index in [0.717, 1.165) is 16.7 Å². The van der Waals surface area contributed by atoms with Crippen LogP contribution in [0.3, 0.4) is 0 Å². The monoisotopic (exact) mass is 428 g/mol. The molecule has 1 heterocycles. The standard InChI is InChI=1S/C24H20N4O4/c1-13-9-10-16(11-14(13)2)20-21(23(30)28-26-20)27-25-17-6-3-5-15(12-17)18-7-4-8-19(22(18)29)24(31)32/h3-12,25,29H,1-2H3,(H,31,32)(H,27,28,30). The molecule has 1 aliphatic heterocycles. The number of aryl methyl sites for hydroxylation is 2. The van der Waals surface area contributed by atoms with E-state index in [2.05, 4.69) is 21.1 Å². The number of anilines is 1. The van der Waals surface area contributed by atoms with Crippen molar-refractivity contribution in [2.75, 3.05) is 5.43 Å². The highest BCUT2D eigenvalue weighted by atomic mass is 16.4. The number of nitrogens with zero attached hydrogens (tertiary/aromatic N) is 2. The number of para-hydroxylation sites is 1. The summed E-state index contributed by atoms with van der Waals surface area (Å²) in [6.07, 6.45) is 0. The number of carboxylic acid groups (broad SMARTS) is 1. The molecular formula is C24H20N4O4. The van der Waals surface area contributed by atoms with Crippen LogP contribution >= 0.6 is 0 Å². The number of amides is 1. The van der Waals surface area contributed by atoms with E-state index in [1.54, 1.807) is 36.4 Å². The number of aromatic carboxylic acids is 1. The van der Waals surface area contributed by atoms with Gasteiger partial charge in [0.2, 0.25) is 0 Å². The molecule has 160 valence electrons. The third-order valence-corrected chi connectivity index (χ3v) is 5.23. The molecule has 0 aliphatic carbocycles. The third kappa shape index (κ3) is 3.93. The van der Waals surface area contributed by atoms with E-state index in [-0.39, 0.29) is 17.0 Å². The van der Waals surface area contributed by atoms with Gasteiger partial charge in [0, 0.05) is 11.1 Å². The van der Waals surface area contributed by atoms with Crippen LogP contribution in [0.25, 0.3) is 11.1 Å². The summed E-state index contributed by atoms with van der Waals surface area (Å²) >= 11 is 0. The van der Waals surface area contributed by atoms with Crippen molar-refractivity contribution in [1.82, 2.24) is 5.43 Å². The molecule has 1 aliphatic rings. The van der Waals surface area contributed by atoms with Gasteiger partial charge in [-0.15, -0.1) is 0 Å². The van der Waals surface area contributed by atoms with Crippen LogP contribution in [0.5, 0.6) is 5.75 Å². The van der Waals surface area contributed by atoms with Gasteiger partial charge >= 0.3 is 5.97 Å². The Morgan fingerprint density at radius 2 is 1.78 bits per heavy atom. The first-order valence-electron chi connectivity index (χ1n) is 9.80. The molecule has 0 saturated carbocycles. The summed E-state index contributed by atoms with van der Waals surface area (Å²) in [5.41, 5.74) is 10.2. The lowest BCUT2D eigenvalue weighted by molar-refractivity contribution is -0.114. The molecule has 0 saturated heterocycles.